The number of rotatable bonds is 5. The molecule has 0 aromatic heterocycles. The van der Waals surface area contributed by atoms with Crippen molar-refractivity contribution in [3.8, 4) is 11.5 Å². The molecule has 2 rings (SSSR count). The molecule has 0 fully saturated rings. The van der Waals surface area contributed by atoms with Crippen molar-refractivity contribution in [3.63, 3.8) is 0 Å². The molecule has 1 heterocycles. The van der Waals surface area contributed by atoms with Crippen LogP contribution in [0.5, 0.6) is 11.5 Å². The van der Waals surface area contributed by atoms with Crippen LogP contribution in [0.4, 0.5) is 0 Å². The maximum Gasteiger partial charge on any atom is 0.327 e. The fourth-order valence-corrected chi connectivity index (χ4v) is 2.58. The minimum Gasteiger partial charge on any atom is -0.493 e. The molecule has 1 aromatic carbocycles. The predicted molar refractivity (Wildman–Crippen MR) is 100 cm³/mol. The van der Waals surface area contributed by atoms with E-state index in [1.54, 1.807) is 19.9 Å². The van der Waals surface area contributed by atoms with Crippen LogP contribution in [0.3, 0.4) is 0 Å². The van der Waals surface area contributed by atoms with E-state index < -0.39 is 17.7 Å². The molecule has 1 aromatic rings. The van der Waals surface area contributed by atoms with Crippen LogP contribution in [0, 0.1) is 0 Å². The maximum atomic E-state index is 11.9. The van der Waals surface area contributed by atoms with Crippen LogP contribution in [0.1, 0.15) is 38.8 Å². The summed E-state index contributed by atoms with van der Waals surface area (Å²) in [6.07, 6.45) is 3.71. The Morgan fingerprint density at radius 1 is 1.26 bits per heavy atom. The molecule has 1 atom stereocenters. The van der Waals surface area contributed by atoms with Gasteiger partial charge in [0, 0.05) is 29.7 Å². The largest absolute Gasteiger partial charge is 0.493 e. The molecule has 0 spiro atoms. The molecule has 8 heteroatoms. The van der Waals surface area contributed by atoms with Crippen molar-refractivity contribution in [3.05, 3.63) is 29.3 Å². The number of carbonyl (C=O) groups excluding carboxylic acids is 3. The van der Waals surface area contributed by atoms with Crippen molar-refractivity contribution in [2.24, 2.45) is 0 Å². The fourth-order valence-electron chi connectivity index (χ4n) is 2.58. The zero-order valence-corrected chi connectivity index (χ0v) is 15.9. The van der Waals surface area contributed by atoms with Crippen LogP contribution < -0.4 is 25.6 Å². The van der Waals surface area contributed by atoms with Crippen LogP contribution in [0.2, 0.25) is 0 Å². The number of amides is 3. The highest BCUT2D eigenvalue weighted by Gasteiger charge is 2.21. The summed E-state index contributed by atoms with van der Waals surface area (Å²) in [5.41, 5.74) is 5.96. The van der Waals surface area contributed by atoms with Gasteiger partial charge < -0.3 is 14.8 Å². The SMILES string of the molecule is CCOc1cc2c(cc1/C=C/C(=O)NNC(=O)C(=O)NC(C)C)O[C@@H](C)C2. The van der Waals surface area contributed by atoms with E-state index in [0.29, 0.717) is 17.9 Å². The average Bonchev–Trinajstić information content (AvgIpc) is 2.96. The summed E-state index contributed by atoms with van der Waals surface area (Å²) in [7, 11) is 0. The standard InChI is InChI=1S/C19H25N3O5/c1-5-26-15-10-14-8-12(4)27-16(14)9-13(15)6-7-17(23)21-22-19(25)18(24)20-11(2)3/h6-7,9-12H,5,8H2,1-4H3,(H,20,24)(H,21,23)(H,22,25)/b7-6+/t12-/m0/s1. The van der Waals surface area contributed by atoms with E-state index in [-0.39, 0.29) is 12.1 Å². The Balaban J connectivity index is 2.00. The molecular formula is C19H25N3O5. The summed E-state index contributed by atoms with van der Waals surface area (Å²) >= 11 is 0. The van der Waals surface area contributed by atoms with Crippen LogP contribution >= 0.6 is 0 Å². The number of ether oxygens (including phenoxy) is 2. The van der Waals surface area contributed by atoms with Gasteiger partial charge in [-0.05, 0) is 45.9 Å². The number of hydrogen-bond acceptors (Lipinski definition) is 5. The van der Waals surface area contributed by atoms with Crippen molar-refractivity contribution in [2.75, 3.05) is 6.61 Å². The molecule has 8 nitrogen and oxygen atoms in total. The van der Waals surface area contributed by atoms with Gasteiger partial charge in [-0.25, -0.2) is 0 Å². The lowest BCUT2D eigenvalue weighted by atomic mass is 10.1. The van der Waals surface area contributed by atoms with Gasteiger partial charge in [-0.15, -0.1) is 0 Å². The number of fused-ring (bicyclic) bond motifs is 1. The second-order valence-corrected chi connectivity index (χ2v) is 6.47. The van der Waals surface area contributed by atoms with E-state index in [1.165, 1.54) is 6.08 Å². The summed E-state index contributed by atoms with van der Waals surface area (Å²) in [5, 5.41) is 2.42. The first-order chi connectivity index (χ1) is 12.8. The maximum absolute atomic E-state index is 11.9. The first kappa shape index (κ1) is 20.3. The summed E-state index contributed by atoms with van der Waals surface area (Å²) in [6.45, 7) is 7.81. The van der Waals surface area contributed by atoms with E-state index >= 15 is 0 Å². The fraction of sp³-hybridized carbons (Fsp3) is 0.421. The number of carbonyl (C=O) groups is 3. The van der Waals surface area contributed by atoms with Gasteiger partial charge in [-0.1, -0.05) is 0 Å². The van der Waals surface area contributed by atoms with Crippen LogP contribution in [-0.2, 0) is 20.8 Å². The second-order valence-electron chi connectivity index (χ2n) is 6.47. The van der Waals surface area contributed by atoms with E-state index in [4.69, 9.17) is 9.47 Å². The molecule has 1 aliphatic heterocycles. The first-order valence-corrected chi connectivity index (χ1v) is 8.85. The lowest BCUT2D eigenvalue weighted by molar-refractivity contribution is -0.140. The Labute approximate surface area is 158 Å². The highest BCUT2D eigenvalue weighted by molar-refractivity contribution is 6.35. The lowest BCUT2D eigenvalue weighted by Gasteiger charge is -2.10. The van der Waals surface area contributed by atoms with E-state index in [0.717, 1.165) is 17.7 Å². The molecule has 0 aliphatic carbocycles. The van der Waals surface area contributed by atoms with Gasteiger partial charge in [0.15, 0.2) is 0 Å². The van der Waals surface area contributed by atoms with Crippen molar-refractivity contribution >= 4 is 23.8 Å². The number of benzene rings is 1. The Morgan fingerprint density at radius 2 is 2.00 bits per heavy atom. The lowest BCUT2D eigenvalue weighted by Crippen LogP contribution is -2.49. The van der Waals surface area contributed by atoms with Gasteiger partial charge in [-0.3, -0.25) is 25.2 Å². The highest BCUT2D eigenvalue weighted by atomic mass is 16.5. The van der Waals surface area contributed by atoms with Crippen molar-refractivity contribution in [2.45, 2.75) is 46.3 Å². The van der Waals surface area contributed by atoms with Gasteiger partial charge in [-0.2, -0.15) is 0 Å². The first-order valence-electron chi connectivity index (χ1n) is 8.85. The Kier molecular flexibility index (Phi) is 6.81. The third-order valence-corrected chi connectivity index (χ3v) is 3.67. The van der Waals surface area contributed by atoms with Gasteiger partial charge in [0.2, 0.25) is 0 Å². The number of hydrazine groups is 1. The highest BCUT2D eigenvalue weighted by Crippen LogP contribution is 2.35. The molecular weight excluding hydrogens is 350 g/mol. The molecule has 27 heavy (non-hydrogen) atoms. The normalized spacial score (nSPS) is 15.2. The molecule has 0 saturated carbocycles. The third-order valence-electron chi connectivity index (χ3n) is 3.67. The van der Waals surface area contributed by atoms with Crippen molar-refractivity contribution in [1.82, 2.24) is 16.2 Å². The predicted octanol–water partition coefficient (Wildman–Crippen LogP) is 1.09. The molecule has 0 unspecified atom stereocenters. The molecule has 3 N–H and O–H groups in total. The van der Waals surface area contributed by atoms with Crippen molar-refractivity contribution in [1.29, 1.82) is 0 Å². The summed E-state index contributed by atoms with van der Waals surface area (Å²) < 4.78 is 11.4. The molecule has 0 bridgehead atoms. The molecule has 0 radical (unpaired) electrons. The van der Waals surface area contributed by atoms with E-state index in [1.807, 2.05) is 26.0 Å². The quantitative estimate of drug-likeness (QED) is 0.406. The van der Waals surface area contributed by atoms with E-state index in [2.05, 4.69) is 16.2 Å². The van der Waals surface area contributed by atoms with Gasteiger partial charge in [0.05, 0.1) is 6.61 Å². The van der Waals surface area contributed by atoms with Crippen LogP contribution in [-0.4, -0.2) is 36.5 Å². The monoisotopic (exact) mass is 375 g/mol. The number of hydrogen-bond donors (Lipinski definition) is 3. The second kappa shape index (κ2) is 9.07. The molecule has 3 amide bonds. The number of nitrogens with one attached hydrogen (secondary N) is 3. The average molecular weight is 375 g/mol. The van der Waals surface area contributed by atoms with Gasteiger partial charge in [0.1, 0.15) is 17.6 Å². The summed E-state index contributed by atoms with van der Waals surface area (Å²) in [4.78, 5) is 34.9. The Bertz CT molecular complexity index is 758. The Hall–Kier alpha value is -3.03. The summed E-state index contributed by atoms with van der Waals surface area (Å²) in [5.74, 6) is -0.931. The summed E-state index contributed by atoms with van der Waals surface area (Å²) in [6, 6.07) is 3.56. The molecule has 1 aliphatic rings. The zero-order chi connectivity index (χ0) is 20.0. The smallest absolute Gasteiger partial charge is 0.327 e. The minimum absolute atomic E-state index is 0.101. The zero-order valence-electron chi connectivity index (χ0n) is 15.9. The third kappa shape index (κ3) is 5.73. The minimum atomic E-state index is -0.944. The van der Waals surface area contributed by atoms with Crippen LogP contribution in [0.15, 0.2) is 18.2 Å². The van der Waals surface area contributed by atoms with Crippen molar-refractivity contribution < 1.29 is 23.9 Å². The van der Waals surface area contributed by atoms with E-state index in [9.17, 15) is 14.4 Å². The topological polar surface area (TPSA) is 106 Å². The Morgan fingerprint density at radius 3 is 2.67 bits per heavy atom. The molecule has 0 saturated heterocycles. The van der Waals surface area contributed by atoms with Gasteiger partial charge >= 0.3 is 11.8 Å². The molecule has 146 valence electrons. The van der Waals surface area contributed by atoms with Gasteiger partial charge in [0.25, 0.3) is 5.91 Å². The van der Waals surface area contributed by atoms with Crippen LogP contribution in [0.25, 0.3) is 6.08 Å².